The molecular weight excluding hydrogens is 455 g/mol. The minimum atomic E-state index is -0.713. The molecule has 162 valence electrons. The number of rotatable bonds is 5. The summed E-state index contributed by atoms with van der Waals surface area (Å²) >= 11 is 13.7. The third-order valence-electron chi connectivity index (χ3n) is 4.77. The van der Waals surface area contributed by atoms with E-state index in [1.165, 1.54) is 11.8 Å². The summed E-state index contributed by atoms with van der Waals surface area (Å²) < 4.78 is 0. The van der Waals surface area contributed by atoms with Crippen LogP contribution in [0.15, 0.2) is 52.7 Å². The lowest BCUT2D eigenvalue weighted by Gasteiger charge is -2.26. The van der Waals surface area contributed by atoms with Crippen LogP contribution in [0.3, 0.4) is 0 Å². The third-order valence-corrected chi connectivity index (χ3v) is 6.49. The van der Waals surface area contributed by atoms with Crippen molar-refractivity contribution in [1.82, 2.24) is 5.32 Å². The quantitative estimate of drug-likeness (QED) is 0.580. The van der Waals surface area contributed by atoms with Gasteiger partial charge in [-0.3, -0.25) is 9.59 Å². The second-order valence-electron chi connectivity index (χ2n) is 7.16. The van der Waals surface area contributed by atoms with Crippen molar-refractivity contribution < 1.29 is 9.59 Å². The van der Waals surface area contributed by atoms with Crippen molar-refractivity contribution in [3.63, 3.8) is 0 Å². The van der Waals surface area contributed by atoms with Gasteiger partial charge in [0.25, 0.3) is 0 Å². The molecule has 2 aromatic rings. The van der Waals surface area contributed by atoms with Crippen LogP contribution < -0.4 is 16.4 Å². The average Bonchev–Trinajstić information content (AvgIpc) is 2.70. The predicted octanol–water partition coefficient (Wildman–Crippen LogP) is 4.74. The second kappa shape index (κ2) is 9.77. The van der Waals surface area contributed by atoms with Crippen LogP contribution >= 0.6 is 35.0 Å². The van der Waals surface area contributed by atoms with Crippen molar-refractivity contribution in [1.29, 1.82) is 0 Å². The van der Waals surface area contributed by atoms with E-state index in [-0.39, 0.29) is 11.7 Å². The Morgan fingerprint density at radius 2 is 1.94 bits per heavy atom. The van der Waals surface area contributed by atoms with Gasteiger partial charge in [-0.2, -0.15) is 0 Å². The molecule has 1 heterocycles. The molecule has 0 saturated carbocycles. The van der Waals surface area contributed by atoms with Crippen molar-refractivity contribution in [2.45, 2.75) is 26.8 Å². The summed E-state index contributed by atoms with van der Waals surface area (Å²) in [6, 6.07) is 10.3. The van der Waals surface area contributed by atoms with E-state index in [0.29, 0.717) is 32.0 Å². The number of carbonyl (C=O) groups excluding carboxylic acids is 2. The van der Waals surface area contributed by atoms with Crippen LogP contribution in [0.2, 0.25) is 10.0 Å². The molecular formula is C22H22Cl2N4O2S. The number of nitrogens with one attached hydrogen (secondary N) is 2. The van der Waals surface area contributed by atoms with Crippen LogP contribution in [0.1, 0.15) is 29.7 Å². The number of amidine groups is 1. The first-order valence-corrected chi connectivity index (χ1v) is 11.2. The topological polar surface area (TPSA) is 96.6 Å². The number of anilines is 1. The molecule has 0 unspecified atom stereocenters. The number of hydrogen-bond donors (Lipinski definition) is 3. The van der Waals surface area contributed by atoms with Crippen LogP contribution in [0, 0.1) is 13.8 Å². The van der Waals surface area contributed by atoms with Gasteiger partial charge in [0.1, 0.15) is 6.04 Å². The molecule has 2 aromatic carbocycles. The molecule has 0 spiro atoms. The van der Waals surface area contributed by atoms with Crippen LogP contribution in [0.25, 0.3) is 0 Å². The maximum Gasteiger partial charge on any atom is 0.248 e. The van der Waals surface area contributed by atoms with Crippen LogP contribution in [-0.2, 0) is 9.59 Å². The van der Waals surface area contributed by atoms with E-state index in [1.807, 2.05) is 32.0 Å². The third kappa shape index (κ3) is 5.42. The lowest BCUT2D eigenvalue weighted by Crippen LogP contribution is -2.33. The van der Waals surface area contributed by atoms with E-state index >= 15 is 0 Å². The lowest BCUT2D eigenvalue weighted by atomic mass is 9.96. The Hall–Kier alpha value is -2.48. The van der Waals surface area contributed by atoms with E-state index in [4.69, 9.17) is 28.9 Å². The second-order valence-corrected chi connectivity index (χ2v) is 8.91. The summed E-state index contributed by atoms with van der Waals surface area (Å²) in [7, 11) is 0. The summed E-state index contributed by atoms with van der Waals surface area (Å²) in [5.41, 5.74) is 9.85. The number of aryl methyl sites for hydroxylation is 2. The zero-order valence-corrected chi connectivity index (χ0v) is 19.6. The first-order chi connectivity index (χ1) is 14.7. The highest BCUT2D eigenvalue weighted by atomic mass is 35.5. The van der Waals surface area contributed by atoms with Gasteiger partial charge in [-0.05, 0) is 44.0 Å². The number of primary amides is 1. The van der Waals surface area contributed by atoms with Crippen molar-refractivity contribution in [2.24, 2.45) is 10.7 Å². The molecule has 1 aliphatic heterocycles. The highest BCUT2D eigenvalue weighted by Gasteiger charge is 2.30. The standard InChI is InChI=1S/C22H22Cl2N4O2S/c1-11-7-8-12(2)16(9-11)27-17(29)10-31-22-26-13(3)18(21(25)30)20(28-22)14-5-4-6-15(23)19(14)24/h4-9,20H,10H2,1-3H3,(H2,25,30)(H,26,28)(H,27,29)/t20-/m0/s1. The minimum Gasteiger partial charge on any atom is -0.366 e. The number of amides is 2. The normalized spacial score (nSPS) is 15.9. The highest BCUT2D eigenvalue weighted by molar-refractivity contribution is 8.14. The Labute approximate surface area is 195 Å². The van der Waals surface area contributed by atoms with Crippen LogP contribution in [-0.4, -0.2) is 22.7 Å². The molecule has 9 heteroatoms. The first kappa shape index (κ1) is 23.2. The Balaban J connectivity index is 1.80. The van der Waals surface area contributed by atoms with E-state index in [0.717, 1.165) is 16.8 Å². The zero-order valence-electron chi connectivity index (χ0n) is 17.3. The maximum absolute atomic E-state index is 12.5. The van der Waals surface area contributed by atoms with Gasteiger partial charge in [0, 0.05) is 16.9 Å². The first-order valence-electron chi connectivity index (χ1n) is 9.46. The molecule has 31 heavy (non-hydrogen) atoms. The van der Waals surface area contributed by atoms with Gasteiger partial charge in [0.05, 0.1) is 21.4 Å². The van der Waals surface area contributed by atoms with Gasteiger partial charge in [-0.1, -0.05) is 59.2 Å². The van der Waals surface area contributed by atoms with Gasteiger partial charge in [0.15, 0.2) is 5.17 Å². The van der Waals surface area contributed by atoms with Crippen molar-refractivity contribution in [2.75, 3.05) is 11.1 Å². The number of allylic oxidation sites excluding steroid dienone is 1. The average molecular weight is 477 g/mol. The van der Waals surface area contributed by atoms with E-state index < -0.39 is 11.9 Å². The molecule has 2 amide bonds. The molecule has 1 atom stereocenters. The van der Waals surface area contributed by atoms with Gasteiger partial charge >= 0.3 is 0 Å². The number of halogens is 2. The predicted molar refractivity (Wildman–Crippen MR) is 129 cm³/mol. The van der Waals surface area contributed by atoms with Gasteiger partial charge in [-0.25, -0.2) is 4.99 Å². The van der Waals surface area contributed by atoms with Crippen molar-refractivity contribution in [3.05, 3.63) is 74.4 Å². The molecule has 3 rings (SSSR count). The van der Waals surface area contributed by atoms with E-state index in [9.17, 15) is 9.59 Å². The van der Waals surface area contributed by atoms with Crippen molar-refractivity contribution in [3.8, 4) is 0 Å². The molecule has 4 N–H and O–H groups in total. The number of carbonyl (C=O) groups is 2. The fourth-order valence-electron chi connectivity index (χ4n) is 3.19. The van der Waals surface area contributed by atoms with Gasteiger partial charge < -0.3 is 16.4 Å². The Morgan fingerprint density at radius 3 is 2.65 bits per heavy atom. The fraction of sp³-hybridized carbons (Fsp3) is 0.227. The maximum atomic E-state index is 12.5. The largest absolute Gasteiger partial charge is 0.366 e. The molecule has 0 aromatic heterocycles. The summed E-state index contributed by atoms with van der Waals surface area (Å²) in [5.74, 6) is -0.636. The van der Waals surface area contributed by atoms with Gasteiger partial charge in [0.2, 0.25) is 11.8 Å². The lowest BCUT2D eigenvalue weighted by molar-refractivity contribution is -0.115. The van der Waals surface area contributed by atoms with E-state index in [1.54, 1.807) is 25.1 Å². The number of benzene rings is 2. The molecule has 1 aliphatic rings. The zero-order chi connectivity index (χ0) is 22.7. The number of nitrogens with two attached hydrogens (primary N) is 1. The Kier molecular flexibility index (Phi) is 7.30. The molecule has 0 radical (unpaired) electrons. The highest BCUT2D eigenvalue weighted by Crippen LogP contribution is 2.38. The van der Waals surface area contributed by atoms with Crippen molar-refractivity contribution >= 4 is 57.6 Å². The van der Waals surface area contributed by atoms with Crippen LogP contribution in [0.4, 0.5) is 5.69 Å². The number of thioether (sulfide) groups is 1. The summed E-state index contributed by atoms with van der Waals surface area (Å²) in [6.45, 7) is 5.64. The Morgan fingerprint density at radius 1 is 1.19 bits per heavy atom. The number of aliphatic imine (C=N–C) groups is 1. The molecule has 0 bridgehead atoms. The molecule has 6 nitrogen and oxygen atoms in total. The minimum absolute atomic E-state index is 0.133. The van der Waals surface area contributed by atoms with Crippen LogP contribution in [0.5, 0.6) is 0 Å². The van der Waals surface area contributed by atoms with Gasteiger partial charge in [-0.15, -0.1) is 0 Å². The fourth-order valence-corrected chi connectivity index (χ4v) is 4.34. The molecule has 0 aliphatic carbocycles. The monoisotopic (exact) mass is 476 g/mol. The smallest absolute Gasteiger partial charge is 0.248 e. The summed E-state index contributed by atoms with van der Waals surface area (Å²) in [6.07, 6.45) is 0. The SMILES string of the molecule is CC1=C(C(N)=O)[C@H](c2cccc(Cl)c2Cl)N=C(SCC(=O)Nc2cc(C)ccc2C)N1. The molecule has 0 saturated heterocycles. The Bertz CT molecular complexity index is 1110. The summed E-state index contributed by atoms with van der Waals surface area (Å²) in [4.78, 5) is 29.2. The molecule has 0 fully saturated rings. The number of nitrogens with zero attached hydrogens (tertiary/aromatic N) is 1. The summed E-state index contributed by atoms with van der Waals surface area (Å²) in [5, 5.41) is 7.13. The number of hydrogen-bond acceptors (Lipinski definition) is 5. The van der Waals surface area contributed by atoms with E-state index in [2.05, 4.69) is 15.6 Å².